The Hall–Kier alpha value is -1.56. The van der Waals surface area contributed by atoms with Gasteiger partial charge >= 0.3 is 6.03 Å². The minimum absolute atomic E-state index is 0.00515. The molecule has 1 fully saturated rings. The van der Waals surface area contributed by atoms with Gasteiger partial charge in [0.15, 0.2) is 0 Å². The lowest BCUT2D eigenvalue weighted by Gasteiger charge is -2.36. The molecule has 0 bridgehead atoms. The minimum Gasteiger partial charge on any atom is -0.339 e. The lowest BCUT2D eigenvalue weighted by atomic mass is 10.1. The number of hydrogen-bond donors (Lipinski definition) is 1. The predicted octanol–water partition coefficient (Wildman–Crippen LogP) is -0.284. The summed E-state index contributed by atoms with van der Waals surface area (Å²) in [7, 11) is 3.48. The third-order valence-corrected chi connectivity index (χ3v) is 3.68. The lowest BCUT2D eigenvalue weighted by molar-refractivity contribution is -0.135. The fraction of sp³-hybridized carbons (Fsp3) is 0.692. The van der Waals surface area contributed by atoms with Gasteiger partial charge in [0.1, 0.15) is 0 Å². The Bertz CT molecular complexity index is 386. The highest BCUT2D eigenvalue weighted by molar-refractivity contribution is 5.81. The zero-order valence-electron chi connectivity index (χ0n) is 11.6. The predicted molar refractivity (Wildman–Crippen MR) is 72.5 cm³/mol. The van der Waals surface area contributed by atoms with Crippen molar-refractivity contribution < 1.29 is 9.59 Å². The molecule has 1 aliphatic carbocycles. The first-order valence-corrected chi connectivity index (χ1v) is 6.68. The molecular weight excluding hydrogens is 244 g/mol. The minimum atomic E-state index is -0.0777. The van der Waals surface area contributed by atoms with Crippen LogP contribution >= 0.6 is 0 Å². The van der Waals surface area contributed by atoms with Crippen LogP contribution in [0.15, 0.2) is 12.2 Å². The van der Waals surface area contributed by atoms with Crippen LogP contribution in [0.3, 0.4) is 0 Å². The molecule has 2 aliphatic rings. The summed E-state index contributed by atoms with van der Waals surface area (Å²) in [5.74, 6) is 0.0623. The van der Waals surface area contributed by atoms with Crippen molar-refractivity contribution in [1.29, 1.82) is 0 Å². The topological polar surface area (TPSA) is 69.9 Å². The summed E-state index contributed by atoms with van der Waals surface area (Å²) < 4.78 is 0. The van der Waals surface area contributed by atoms with E-state index in [1.54, 1.807) is 23.9 Å². The van der Waals surface area contributed by atoms with E-state index >= 15 is 0 Å². The molecule has 0 aromatic heterocycles. The van der Waals surface area contributed by atoms with E-state index in [2.05, 4.69) is 0 Å². The Morgan fingerprint density at radius 3 is 2.16 bits per heavy atom. The second kappa shape index (κ2) is 5.61. The molecule has 6 nitrogen and oxygen atoms in total. The van der Waals surface area contributed by atoms with Crippen LogP contribution in [0.5, 0.6) is 0 Å². The van der Waals surface area contributed by atoms with Gasteiger partial charge in [-0.05, 0) is 6.42 Å². The highest BCUT2D eigenvalue weighted by Crippen LogP contribution is 2.20. The van der Waals surface area contributed by atoms with Gasteiger partial charge in [0, 0.05) is 46.3 Å². The Kier molecular flexibility index (Phi) is 4.09. The summed E-state index contributed by atoms with van der Waals surface area (Å²) in [5, 5.41) is 0. The molecule has 0 radical (unpaired) electrons. The Morgan fingerprint density at radius 2 is 1.68 bits per heavy atom. The number of rotatable bonds is 1. The molecule has 2 unspecified atom stereocenters. The van der Waals surface area contributed by atoms with Crippen LogP contribution < -0.4 is 5.73 Å². The van der Waals surface area contributed by atoms with Gasteiger partial charge in [0.05, 0.1) is 5.92 Å². The first-order chi connectivity index (χ1) is 8.99. The molecular formula is C13H22N4O2. The molecule has 1 aliphatic heterocycles. The Labute approximate surface area is 113 Å². The van der Waals surface area contributed by atoms with Crippen LogP contribution in [0.2, 0.25) is 0 Å². The van der Waals surface area contributed by atoms with Crippen LogP contribution in [0.1, 0.15) is 6.42 Å². The van der Waals surface area contributed by atoms with Crippen LogP contribution in [0.25, 0.3) is 0 Å². The first kappa shape index (κ1) is 13.9. The van der Waals surface area contributed by atoms with E-state index in [0.717, 1.165) is 0 Å². The third kappa shape index (κ3) is 3.07. The van der Waals surface area contributed by atoms with Crippen molar-refractivity contribution in [3.05, 3.63) is 12.2 Å². The summed E-state index contributed by atoms with van der Waals surface area (Å²) in [5.41, 5.74) is 5.77. The fourth-order valence-corrected chi connectivity index (χ4v) is 2.55. The van der Waals surface area contributed by atoms with Gasteiger partial charge in [0.2, 0.25) is 5.91 Å². The van der Waals surface area contributed by atoms with Crippen LogP contribution in [-0.4, -0.2) is 73.0 Å². The molecule has 3 amide bonds. The van der Waals surface area contributed by atoms with E-state index in [1.807, 2.05) is 17.1 Å². The van der Waals surface area contributed by atoms with Gasteiger partial charge in [-0.3, -0.25) is 4.79 Å². The number of urea groups is 1. The number of nitrogens with two attached hydrogens (primary N) is 1. The summed E-state index contributed by atoms with van der Waals surface area (Å²) in [4.78, 5) is 29.2. The van der Waals surface area contributed by atoms with Gasteiger partial charge in [-0.25, -0.2) is 4.79 Å². The molecule has 106 valence electrons. The van der Waals surface area contributed by atoms with Gasteiger partial charge in [-0.2, -0.15) is 0 Å². The van der Waals surface area contributed by atoms with E-state index in [1.165, 1.54) is 0 Å². The van der Waals surface area contributed by atoms with Crippen molar-refractivity contribution in [1.82, 2.24) is 14.7 Å². The van der Waals surface area contributed by atoms with Gasteiger partial charge in [-0.15, -0.1) is 0 Å². The van der Waals surface area contributed by atoms with Crippen LogP contribution in [0.4, 0.5) is 4.79 Å². The van der Waals surface area contributed by atoms with E-state index in [-0.39, 0.29) is 23.9 Å². The maximum atomic E-state index is 12.3. The average Bonchev–Trinajstić information content (AvgIpc) is 2.84. The summed E-state index contributed by atoms with van der Waals surface area (Å²) in [6.07, 6.45) is 4.51. The second-order valence-corrected chi connectivity index (χ2v) is 5.38. The number of hydrogen-bond acceptors (Lipinski definition) is 3. The van der Waals surface area contributed by atoms with Crippen molar-refractivity contribution in [3.8, 4) is 0 Å². The Balaban J connectivity index is 1.85. The molecule has 0 aromatic rings. The van der Waals surface area contributed by atoms with Crippen molar-refractivity contribution >= 4 is 11.9 Å². The molecule has 0 saturated carbocycles. The smallest absolute Gasteiger partial charge is 0.319 e. The van der Waals surface area contributed by atoms with E-state index in [4.69, 9.17) is 5.73 Å². The van der Waals surface area contributed by atoms with Crippen LogP contribution in [0, 0.1) is 5.92 Å². The molecule has 1 heterocycles. The van der Waals surface area contributed by atoms with Crippen molar-refractivity contribution in [3.63, 3.8) is 0 Å². The fourth-order valence-electron chi connectivity index (χ4n) is 2.55. The number of piperazine rings is 1. The average molecular weight is 266 g/mol. The molecule has 2 rings (SSSR count). The summed E-state index contributed by atoms with van der Waals surface area (Å²) in [6.45, 7) is 2.42. The van der Waals surface area contributed by atoms with Gasteiger partial charge in [0.25, 0.3) is 0 Å². The maximum absolute atomic E-state index is 12.3. The number of amides is 3. The van der Waals surface area contributed by atoms with Crippen LogP contribution in [-0.2, 0) is 4.79 Å². The molecule has 19 heavy (non-hydrogen) atoms. The number of nitrogens with zero attached hydrogens (tertiary/aromatic N) is 3. The molecule has 2 atom stereocenters. The summed E-state index contributed by atoms with van der Waals surface area (Å²) >= 11 is 0. The monoisotopic (exact) mass is 266 g/mol. The third-order valence-electron chi connectivity index (χ3n) is 3.68. The maximum Gasteiger partial charge on any atom is 0.319 e. The highest BCUT2D eigenvalue weighted by atomic mass is 16.2. The van der Waals surface area contributed by atoms with Gasteiger partial charge < -0.3 is 20.4 Å². The quantitative estimate of drug-likeness (QED) is 0.663. The normalized spacial score (nSPS) is 26.7. The van der Waals surface area contributed by atoms with E-state index < -0.39 is 0 Å². The lowest BCUT2D eigenvalue weighted by Crippen LogP contribution is -2.53. The highest BCUT2D eigenvalue weighted by Gasteiger charge is 2.30. The van der Waals surface area contributed by atoms with E-state index in [0.29, 0.717) is 32.6 Å². The van der Waals surface area contributed by atoms with Gasteiger partial charge in [-0.1, -0.05) is 12.2 Å². The summed E-state index contributed by atoms with van der Waals surface area (Å²) in [6, 6.07) is 0.0143. The second-order valence-electron chi connectivity index (χ2n) is 5.38. The zero-order chi connectivity index (χ0) is 14.0. The standard InChI is InChI=1S/C13H22N4O2/c1-15(2)13(19)17-7-5-16(6-8-17)12(18)10-3-4-11(14)9-10/h3-4,10-11H,5-9,14H2,1-2H3. The molecule has 6 heteroatoms. The Morgan fingerprint density at radius 1 is 1.11 bits per heavy atom. The van der Waals surface area contributed by atoms with Crippen molar-refractivity contribution in [2.45, 2.75) is 12.5 Å². The number of carbonyl (C=O) groups excluding carboxylic acids is 2. The number of carbonyl (C=O) groups is 2. The van der Waals surface area contributed by atoms with Crippen molar-refractivity contribution in [2.24, 2.45) is 11.7 Å². The molecule has 2 N–H and O–H groups in total. The zero-order valence-corrected chi connectivity index (χ0v) is 11.6. The first-order valence-electron chi connectivity index (χ1n) is 6.68. The molecule has 0 spiro atoms. The largest absolute Gasteiger partial charge is 0.339 e. The SMILES string of the molecule is CN(C)C(=O)N1CCN(C(=O)C2C=CC(N)C2)CC1. The molecule has 1 saturated heterocycles. The van der Waals surface area contributed by atoms with E-state index in [9.17, 15) is 9.59 Å². The molecule has 0 aromatic carbocycles. The van der Waals surface area contributed by atoms with Crippen molar-refractivity contribution in [2.75, 3.05) is 40.3 Å².